The molecule has 0 saturated heterocycles. The van der Waals surface area contributed by atoms with Gasteiger partial charge in [-0.3, -0.25) is 0 Å². The number of carboxylic acids is 1. The number of hydrogen-bond donors (Lipinski definition) is 1. The molecule has 1 aromatic rings. The summed E-state index contributed by atoms with van der Waals surface area (Å²) in [5.41, 5.74) is 0.513. The molecule has 1 heterocycles. The van der Waals surface area contributed by atoms with Crippen LogP contribution in [0.2, 0.25) is 0 Å². The maximum Gasteiger partial charge on any atom is 0.358 e. The van der Waals surface area contributed by atoms with E-state index in [4.69, 9.17) is 5.11 Å². The summed E-state index contributed by atoms with van der Waals surface area (Å²) in [5.74, 6) is -1.02. The topological polar surface area (TPSA) is 68.0 Å². The van der Waals surface area contributed by atoms with E-state index < -0.39 is 5.97 Å². The van der Waals surface area contributed by atoms with Crippen LogP contribution in [0.3, 0.4) is 0 Å². The molecule has 0 saturated carbocycles. The Bertz CT molecular complexity index is 293. The van der Waals surface area contributed by atoms with E-state index in [0.29, 0.717) is 12.2 Å². The van der Waals surface area contributed by atoms with Crippen molar-refractivity contribution in [3.63, 3.8) is 0 Å². The fourth-order valence-corrected chi connectivity index (χ4v) is 0.928. The second kappa shape index (κ2) is 3.34. The third kappa shape index (κ3) is 1.61. The van der Waals surface area contributed by atoms with Crippen LogP contribution >= 0.6 is 0 Å². The molecule has 66 valence electrons. The molecule has 0 atom stereocenters. The highest BCUT2D eigenvalue weighted by molar-refractivity contribution is 5.86. The third-order valence-corrected chi connectivity index (χ3v) is 1.45. The number of aryl methyl sites for hydroxylation is 2. The molecule has 5 heteroatoms. The minimum atomic E-state index is -1.02. The van der Waals surface area contributed by atoms with Gasteiger partial charge in [0.1, 0.15) is 0 Å². The van der Waals surface area contributed by atoms with Crippen LogP contribution in [0, 0.1) is 6.92 Å². The van der Waals surface area contributed by atoms with E-state index in [1.54, 1.807) is 6.92 Å². The molecule has 0 aromatic carbocycles. The molecule has 12 heavy (non-hydrogen) atoms. The minimum Gasteiger partial charge on any atom is -0.476 e. The van der Waals surface area contributed by atoms with Crippen molar-refractivity contribution < 1.29 is 9.90 Å². The molecule has 1 rings (SSSR count). The zero-order chi connectivity index (χ0) is 9.14. The number of carbonyl (C=O) groups is 1. The zero-order valence-electron chi connectivity index (χ0n) is 7.11. The highest BCUT2D eigenvalue weighted by Crippen LogP contribution is 2.00. The van der Waals surface area contributed by atoms with E-state index in [0.717, 1.165) is 6.42 Å². The van der Waals surface area contributed by atoms with Gasteiger partial charge in [0.15, 0.2) is 5.69 Å². The molecule has 0 radical (unpaired) electrons. The summed E-state index contributed by atoms with van der Waals surface area (Å²) in [7, 11) is 0. The van der Waals surface area contributed by atoms with Gasteiger partial charge in [-0.2, -0.15) is 9.90 Å². The third-order valence-electron chi connectivity index (χ3n) is 1.45. The van der Waals surface area contributed by atoms with Gasteiger partial charge in [0.2, 0.25) is 0 Å². The van der Waals surface area contributed by atoms with E-state index in [1.807, 2.05) is 6.92 Å². The molecular weight excluding hydrogens is 158 g/mol. The van der Waals surface area contributed by atoms with E-state index in [2.05, 4.69) is 10.2 Å². The first-order valence-corrected chi connectivity index (χ1v) is 3.80. The summed E-state index contributed by atoms with van der Waals surface area (Å²) in [6.45, 7) is 4.29. The van der Waals surface area contributed by atoms with Crippen LogP contribution in [-0.2, 0) is 6.54 Å². The first-order valence-electron chi connectivity index (χ1n) is 3.80. The summed E-state index contributed by atoms with van der Waals surface area (Å²) >= 11 is 0. The molecule has 1 N–H and O–H groups in total. The normalized spacial score (nSPS) is 10.2. The molecule has 0 bridgehead atoms. The van der Waals surface area contributed by atoms with Crippen molar-refractivity contribution >= 4 is 5.97 Å². The lowest BCUT2D eigenvalue weighted by Crippen LogP contribution is -2.03. The Hall–Kier alpha value is -1.39. The Morgan fingerprint density at radius 2 is 2.25 bits per heavy atom. The molecule has 0 spiro atoms. The minimum absolute atomic E-state index is 0.0449. The largest absolute Gasteiger partial charge is 0.476 e. The van der Waals surface area contributed by atoms with Crippen LogP contribution in [0.5, 0.6) is 0 Å². The van der Waals surface area contributed by atoms with Gasteiger partial charge in [0, 0.05) is 0 Å². The number of hydrogen-bond acceptors (Lipinski definition) is 3. The molecule has 5 nitrogen and oxygen atoms in total. The first kappa shape index (κ1) is 8.70. The molecule has 0 unspecified atom stereocenters. The van der Waals surface area contributed by atoms with Crippen molar-refractivity contribution in [3.8, 4) is 0 Å². The van der Waals surface area contributed by atoms with Gasteiger partial charge in [-0.25, -0.2) is 4.79 Å². The number of rotatable bonds is 3. The lowest BCUT2D eigenvalue weighted by molar-refractivity contribution is 0.0688. The Kier molecular flexibility index (Phi) is 2.42. The van der Waals surface area contributed by atoms with Gasteiger partial charge >= 0.3 is 5.97 Å². The van der Waals surface area contributed by atoms with Gasteiger partial charge in [0.05, 0.1) is 12.2 Å². The summed E-state index contributed by atoms with van der Waals surface area (Å²) < 4.78 is 0. The number of carboxylic acid groups (broad SMARTS) is 1. The summed E-state index contributed by atoms with van der Waals surface area (Å²) in [5, 5.41) is 16.4. The molecule has 0 fully saturated rings. The van der Waals surface area contributed by atoms with E-state index in [1.165, 1.54) is 4.80 Å². The Morgan fingerprint density at radius 1 is 1.58 bits per heavy atom. The second-order valence-corrected chi connectivity index (χ2v) is 2.54. The Balaban J connectivity index is 2.92. The smallest absolute Gasteiger partial charge is 0.358 e. The van der Waals surface area contributed by atoms with Crippen LogP contribution in [0.1, 0.15) is 29.5 Å². The van der Waals surface area contributed by atoms with Crippen LogP contribution < -0.4 is 0 Å². The second-order valence-electron chi connectivity index (χ2n) is 2.54. The summed E-state index contributed by atoms with van der Waals surface area (Å²) in [4.78, 5) is 11.9. The average Bonchev–Trinajstić information content (AvgIpc) is 2.32. The molecular formula is C7H11N3O2. The lowest BCUT2D eigenvalue weighted by atomic mass is 10.4. The fourth-order valence-electron chi connectivity index (χ4n) is 0.928. The standard InChI is InChI=1S/C7H11N3O2/c1-3-4-10-8-5(2)6(9-10)7(11)12/h3-4H2,1-2H3,(H,11,12). The lowest BCUT2D eigenvalue weighted by Gasteiger charge is -1.91. The van der Waals surface area contributed by atoms with Crippen molar-refractivity contribution in [2.24, 2.45) is 0 Å². The van der Waals surface area contributed by atoms with Gasteiger partial charge in [0.25, 0.3) is 0 Å². The van der Waals surface area contributed by atoms with Gasteiger partial charge < -0.3 is 5.11 Å². The van der Waals surface area contributed by atoms with Gasteiger partial charge in [-0.1, -0.05) is 6.92 Å². The van der Waals surface area contributed by atoms with Crippen molar-refractivity contribution in [3.05, 3.63) is 11.4 Å². The SMILES string of the molecule is CCCn1nc(C)c(C(=O)O)n1. The highest BCUT2D eigenvalue weighted by atomic mass is 16.4. The van der Waals surface area contributed by atoms with Gasteiger partial charge in [-0.05, 0) is 13.3 Å². The predicted octanol–water partition coefficient (Wildman–Crippen LogP) is 0.695. The molecule has 0 aliphatic carbocycles. The molecule has 0 aliphatic rings. The quantitative estimate of drug-likeness (QED) is 0.723. The van der Waals surface area contributed by atoms with Crippen LogP contribution in [0.4, 0.5) is 0 Å². The summed E-state index contributed by atoms with van der Waals surface area (Å²) in [6, 6.07) is 0. The molecule has 0 amide bonds. The van der Waals surface area contributed by atoms with Crippen LogP contribution in [0.15, 0.2) is 0 Å². The Labute approximate surface area is 70.0 Å². The van der Waals surface area contributed by atoms with E-state index >= 15 is 0 Å². The zero-order valence-corrected chi connectivity index (χ0v) is 7.11. The number of aromatic carboxylic acids is 1. The van der Waals surface area contributed by atoms with Crippen LogP contribution in [-0.4, -0.2) is 26.1 Å². The average molecular weight is 169 g/mol. The van der Waals surface area contributed by atoms with E-state index in [9.17, 15) is 4.79 Å². The maximum absolute atomic E-state index is 10.5. The first-order chi connectivity index (χ1) is 5.65. The van der Waals surface area contributed by atoms with Crippen molar-refractivity contribution in [2.75, 3.05) is 0 Å². The fraction of sp³-hybridized carbons (Fsp3) is 0.571. The highest BCUT2D eigenvalue weighted by Gasteiger charge is 2.12. The van der Waals surface area contributed by atoms with Crippen molar-refractivity contribution in [1.82, 2.24) is 15.0 Å². The monoisotopic (exact) mass is 169 g/mol. The van der Waals surface area contributed by atoms with E-state index in [-0.39, 0.29) is 5.69 Å². The number of nitrogens with zero attached hydrogens (tertiary/aromatic N) is 3. The Morgan fingerprint density at radius 3 is 2.67 bits per heavy atom. The number of aromatic nitrogens is 3. The maximum atomic E-state index is 10.5. The van der Waals surface area contributed by atoms with Crippen molar-refractivity contribution in [2.45, 2.75) is 26.8 Å². The summed E-state index contributed by atoms with van der Waals surface area (Å²) in [6.07, 6.45) is 0.896. The van der Waals surface area contributed by atoms with Crippen LogP contribution in [0.25, 0.3) is 0 Å². The molecule has 0 aliphatic heterocycles. The predicted molar refractivity (Wildman–Crippen MR) is 42.0 cm³/mol. The van der Waals surface area contributed by atoms with Crippen molar-refractivity contribution in [1.29, 1.82) is 0 Å². The van der Waals surface area contributed by atoms with Gasteiger partial charge in [-0.15, -0.1) is 5.10 Å². The molecule has 1 aromatic heterocycles.